The first-order valence-corrected chi connectivity index (χ1v) is 34.6. The predicted molar refractivity (Wildman–Crippen MR) is 333 cm³/mol. The summed E-state index contributed by atoms with van der Waals surface area (Å²) in [7, 11) is 0. The van der Waals surface area contributed by atoms with Gasteiger partial charge in [0, 0.05) is 12.8 Å². The molecule has 2 unspecified atom stereocenters. The lowest BCUT2D eigenvalue weighted by Gasteiger charge is -2.22. The Morgan fingerprint density at radius 1 is 0.368 bits per heavy atom. The highest BCUT2D eigenvalue weighted by Gasteiger charge is 2.20. The second-order valence-corrected chi connectivity index (χ2v) is 23.9. The number of allylic oxidation sites excluding steroid dienone is 4. The third kappa shape index (κ3) is 61.6. The third-order valence-corrected chi connectivity index (χ3v) is 16.3. The van der Waals surface area contributed by atoms with Crippen LogP contribution < -0.4 is 5.32 Å². The Hall–Kier alpha value is -1.66. The van der Waals surface area contributed by atoms with Gasteiger partial charge in [0.1, 0.15) is 0 Å². The Bertz CT molecular complexity index is 1190. The van der Waals surface area contributed by atoms with E-state index in [1.165, 1.54) is 302 Å². The number of esters is 1. The van der Waals surface area contributed by atoms with Crippen LogP contribution in [-0.4, -0.2) is 47.4 Å². The van der Waals surface area contributed by atoms with Crippen molar-refractivity contribution in [3.63, 3.8) is 0 Å². The fraction of sp³-hybridized carbons (Fsp3) is 0.914. The van der Waals surface area contributed by atoms with Gasteiger partial charge in [-0.05, 0) is 57.8 Å². The van der Waals surface area contributed by atoms with Crippen molar-refractivity contribution in [3.8, 4) is 0 Å². The molecule has 0 bridgehead atoms. The molecular weight excluding hydrogens is 935 g/mol. The molecule has 76 heavy (non-hydrogen) atoms. The Balaban J connectivity index is 3.29. The molecule has 0 fully saturated rings. The van der Waals surface area contributed by atoms with Gasteiger partial charge in [-0.25, -0.2) is 0 Å². The average Bonchev–Trinajstić information content (AvgIpc) is 3.42. The molecule has 0 aliphatic rings. The lowest BCUT2D eigenvalue weighted by Crippen LogP contribution is -2.45. The van der Waals surface area contributed by atoms with Crippen LogP contribution in [-0.2, 0) is 14.3 Å². The molecule has 0 heterocycles. The number of carbonyl (C=O) groups is 2. The van der Waals surface area contributed by atoms with Crippen LogP contribution in [0.1, 0.15) is 386 Å². The summed E-state index contributed by atoms with van der Waals surface area (Å²) in [5.74, 6) is -0.0215. The largest absolute Gasteiger partial charge is 0.466 e. The molecule has 0 saturated carbocycles. The molecule has 0 aromatic heterocycles. The summed E-state index contributed by atoms with van der Waals surface area (Å²) in [6, 6.07) is -0.535. The Labute approximate surface area is 475 Å². The highest BCUT2D eigenvalue weighted by Crippen LogP contribution is 2.19. The first kappa shape index (κ1) is 74.3. The van der Waals surface area contributed by atoms with Gasteiger partial charge in [-0.2, -0.15) is 0 Å². The van der Waals surface area contributed by atoms with E-state index in [1.54, 1.807) is 0 Å². The first-order chi connectivity index (χ1) is 37.5. The monoisotopic (exact) mass is 1070 g/mol. The number of amides is 1. The smallest absolute Gasteiger partial charge is 0.305 e. The van der Waals surface area contributed by atoms with Gasteiger partial charge in [0.15, 0.2) is 0 Å². The molecule has 1 amide bonds. The van der Waals surface area contributed by atoms with E-state index in [4.69, 9.17) is 4.74 Å². The highest BCUT2D eigenvalue weighted by atomic mass is 16.5. The lowest BCUT2D eigenvalue weighted by atomic mass is 10.0. The van der Waals surface area contributed by atoms with E-state index in [1.807, 2.05) is 0 Å². The summed E-state index contributed by atoms with van der Waals surface area (Å²) in [6.07, 6.45) is 82.4. The maximum atomic E-state index is 12.4. The maximum Gasteiger partial charge on any atom is 0.305 e. The summed E-state index contributed by atoms with van der Waals surface area (Å²) in [5, 5.41) is 23.2. The van der Waals surface area contributed by atoms with Crippen LogP contribution >= 0.6 is 0 Å². The van der Waals surface area contributed by atoms with Gasteiger partial charge in [0.25, 0.3) is 0 Å². The van der Waals surface area contributed by atoms with E-state index in [0.717, 1.165) is 51.4 Å². The summed E-state index contributed by atoms with van der Waals surface area (Å²) < 4.78 is 5.49. The maximum absolute atomic E-state index is 12.4. The van der Waals surface area contributed by atoms with Gasteiger partial charge in [0.2, 0.25) is 5.91 Å². The van der Waals surface area contributed by atoms with Crippen molar-refractivity contribution in [1.82, 2.24) is 5.32 Å². The molecule has 0 aliphatic heterocycles. The molecule has 450 valence electrons. The van der Waals surface area contributed by atoms with Gasteiger partial charge in [-0.3, -0.25) is 9.59 Å². The van der Waals surface area contributed by atoms with E-state index in [2.05, 4.69) is 43.5 Å². The molecule has 2 atom stereocenters. The number of ether oxygens (including phenoxy) is 1. The number of rotatable bonds is 65. The second-order valence-electron chi connectivity index (χ2n) is 23.9. The molecule has 0 rings (SSSR count). The van der Waals surface area contributed by atoms with Gasteiger partial charge < -0.3 is 20.3 Å². The van der Waals surface area contributed by atoms with Crippen LogP contribution in [0, 0.1) is 0 Å². The molecule has 0 aromatic carbocycles. The number of carbonyl (C=O) groups excluding carboxylic acids is 2. The summed E-state index contributed by atoms with van der Waals surface area (Å²) in [5.41, 5.74) is 0. The Morgan fingerprint density at radius 2 is 0.658 bits per heavy atom. The van der Waals surface area contributed by atoms with Crippen molar-refractivity contribution in [3.05, 3.63) is 24.3 Å². The topological polar surface area (TPSA) is 95.9 Å². The van der Waals surface area contributed by atoms with E-state index in [9.17, 15) is 19.8 Å². The molecule has 0 aliphatic carbocycles. The minimum absolute atomic E-state index is 0.00859. The van der Waals surface area contributed by atoms with Gasteiger partial charge in [-0.15, -0.1) is 0 Å². The molecule has 6 heteroatoms. The Kier molecular flexibility index (Phi) is 64.4. The lowest BCUT2D eigenvalue weighted by molar-refractivity contribution is -0.143. The molecular formula is C70H135NO5. The van der Waals surface area contributed by atoms with Gasteiger partial charge >= 0.3 is 5.97 Å². The SMILES string of the molecule is CCCCCC/C=C\C/C=C\CCCCCCCC(=O)OCCCCCCCCCCCCCCCCCCCCCCCCCCCCCCCCCCCC(=O)NC(CO)C(O)CCCCCCCCCCCC. The fourth-order valence-electron chi connectivity index (χ4n) is 11.0. The molecule has 0 spiro atoms. The normalized spacial score (nSPS) is 12.6. The van der Waals surface area contributed by atoms with E-state index >= 15 is 0 Å². The van der Waals surface area contributed by atoms with Crippen LogP contribution in [0.5, 0.6) is 0 Å². The summed E-state index contributed by atoms with van der Waals surface area (Å²) in [6.45, 7) is 4.94. The molecule has 3 N–H and O–H groups in total. The number of aliphatic hydroxyl groups is 2. The van der Waals surface area contributed by atoms with Gasteiger partial charge in [-0.1, -0.05) is 340 Å². The van der Waals surface area contributed by atoms with Crippen molar-refractivity contribution in [2.24, 2.45) is 0 Å². The average molecular weight is 1070 g/mol. The summed E-state index contributed by atoms with van der Waals surface area (Å²) >= 11 is 0. The molecule has 0 aromatic rings. The number of unbranched alkanes of at least 4 members (excludes halogenated alkanes) is 50. The summed E-state index contributed by atoms with van der Waals surface area (Å²) in [4.78, 5) is 24.5. The molecule has 0 radical (unpaired) electrons. The number of nitrogens with one attached hydrogen (secondary N) is 1. The highest BCUT2D eigenvalue weighted by molar-refractivity contribution is 5.76. The molecule has 0 saturated heterocycles. The van der Waals surface area contributed by atoms with Crippen molar-refractivity contribution in [1.29, 1.82) is 0 Å². The Morgan fingerprint density at radius 3 is 1.01 bits per heavy atom. The van der Waals surface area contributed by atoms with Crippen LogP contribution in [0.25, 0.3) is 0 Å². The third-order valence-electron chi connectivity index (χ3n) is 16.3. The van der Waals surface area contributed by atoms with E-state index in [0.29, 0.717) is 25.9 Å². The minimum Gasteiger partial charge on any atom is -0.466 e. The second kappa shape index (κ2) is 65.9. The fourth-order valence-corrected chi connectivity index (χ4v) is 11.0. The van der Waals surface area contributed by atoms with Crippen LogP contribution in [0.2, 0.25) is 0 Å². The van der Waals surface area contributed by atoms with Crippen molar-refractivity contribution >= 4 is 11.9 Å². The van der Waals surface area contributed by atoms with Crippen LogP contribution in [0.4, 0.5) is 0 Å². The van der Waals surface area contributed by atoms with Crippen molar-refractivity contribution in [2.45, 2.75) is 398 Å². The first-order valence-electron chi connectivity index (χ1n) is 34.6. The van der Waals surface area contributed by atoms with Crippen LogP contribution in [0.15, 0.2) is 24.3 Å². The zero-order valence-electron chi connectivity index (χ0n) is 51.5. The minimum atomic E-state index is -0.658. The van der Waals surface area contributed by atoms with Crippen molar-refractivity contribution < 1.29 is 24.5 Å². The number of hydrogen-bond donors (Lipinski definition) is 3. The number of aliphatic hydroxyl groups excluding tert-OH is 2. The van der Waals surface area contributed by atoms with E-state index < -0.39 is 12.1 Å². The zero-order chi connectivity index (χ0) is 55.0. The molecule has 6 nitrogen and oxygen atoms in total. The van der Waals surface area contributed by atoms with Gasteiger partial charge in [0.05, 0.1) is 25.4 Å². The standard InChI is InChI=1S/C70H135NO5/c1-3-5-7-9-11-13-15-16-17-38-41-44-48-52-56-60-64-70(75)76-65-61-57-53-49-45-42-39-36-34-32-30-28-26-24-22-20-18-19-21-23-25-27-29-31-33-35-37-40-43-47-51-55-59-63-69(74)71-67(66-72)68(73)62-58-54-50-46-14-12-10-8-6-4-2/h13,15,17,38,67-68,72-73H,3-12,14,16,18-37,39-66H2,1-2H3,(H,71,74)/b15-13-,38-17-. The van der Waals surface area contributed by atoms with Crippen molar-refractivity contribution in [2.75, 3.05) is 13.2 Å². The number of hydrogen-bond acceptors (Lipinski definition) is 5. The predicted octanol–water partition coefficient (Wildman–Crippen LogP) is 22.1. The quantitative estimate of drug-likeness (QED) is 0.0320. The zero-order valence-corrected chi connectivity index (χ0v) is 51.5. The van der Waals surface area contributed by atoms with E-state index in [-0.39, 0.29) is 18.5 Å². The van der Waals surface area contributed by atoms with Crippen LogP contribution in [0.3, 0.4) is 0 Å².